The number of urea groups is 1. The van der Waals surface area contributed by atoms with Crippen molar-refractivity contribution in [3.63, 3.8) is 0 Å². The molecule has 2 heterocycles. The summed E-state index contributed by atoms with van der Waals surface area (Å²) >= 11 is 0. The Morgan fingerprint density at radius 1 is 1.32 bits per heavy atom. The fraction of sp³-hybridized carbons (Fsp3) is 0.444. The maximum atomic E-state index is 12.4. The molecule has 2 N–H and O–H groups in total. The van der Waals surface area contributed by atoms with E-state index >= 15 is 0 Å². The van der Waals surface area contributed by atoms with Gasteiger partial charge in [0.05, 0.1) is 12.9 Å². The number of benzene rings is 1. The van der Waals surface area contributed by atoms with Gasteiger partial charge in [-0.25, -0.2) is 9.78 Å². The number of carbonyl (C=O) groups is 1. The highest BCUT2D eigenvalue weighted by atomic mass is 16.3. The van der Waals surface area contributed by atoms with Crippen molar-refractivity contribution >= 4 is 6.03 Å². The van der Waals surface area contributed by atoms with E-state index in [0.29, 0.717) is 19.6 Å². The molecule has 7 heteroatoms. The Morgan fingerprint density at radius 2 is 2.12 bits per heavy atom. The van der Waals surface area contributed by atoms with Crippen molar-refractivity contribution < 1.29 is 9.90 Å². The molecule has 1 atom stereocenters. The molecular weight excluding hydrogens is 318 g/mol. The number of carbonyl (C=O) groups excluding carboxylic acids is 1. The third-order valence-corrected chi connectivity index (χ3v) is 4.57. The van der Waals surface area contributed by atoms with Gasteiger partial charge < -0.3 is 19.9 Å². The third-order valence-electron chi connectivity index (χ3n) is 4.57. The van der Waals surface area contributed by atoms with E-state index in [1.54, 1.807) is 12.5 Å². The number of imidazole rings is 1. The van der Waals surface area contributed by atoms with Crippen LogP contribution in [0.2, 0.25) is 0 Å². The molecule has 0 aliphatic carbocycles. The summed E-state index contributed by atoms with van der Waals surface area (Å²) in [6.45, 7) is 5.67. The van der Waals surface area contributed by atoms with Gasteiger partial charge in [-0.2, -0.15) is 0 Å². The second-order valence-corrected chi connectivity index (χ2v) is 6.36. The van der Waals surface area contributed by atoms with E-state index in [-0.39, 0.29) is 18.7 Å². The molecule has 0 spiro atoms. The van der Waals surface area contributed by atoms with Gasteiger partial charge in [0.2, 0.25) is 0 Å². The Balaban J connectivity index is 1.50. The SMILES string of the molecule is CC1CN(CCO)CCN1C(=O)NCc1ccc(-n2ccnc2)cc1. The predicted molar refractivity (Wildman–Crippen MR) is 95.5 cm³/mol. The lowest BCUT2D eigenvalue weighted by atomic mass is 10.2. The van der Waals surface area contributed by atoms with Crippen LogP contribution in [0.1, 0.15) is 12.5 Å². The number of rotatable bonds is 5. The van der Waals surface area contributed by atoms with Gasteiger partial charge in [-0.15, -0.1) is 0 Å². The van der Waals surface area contributed by atoms with Crippen molar-refractivity contribution in [2.75, 3.05) is 32.8 Å². The molecule has 1 saturated heterocycles. The summed E-state index contributed by atoms with van der Waals surface area (Å²) in [5.41, 5.74) is 2.10. The molecule has 0 bridgehead atoms. The molecule has 2 amide bonds. The summed E-state index contributed by atoms with van der Waals surface area (Å²) in [6.07, 6.45) is 5.40. The van der Waals surface area contributed by atoms with Crippen LogP contribution < -0.4 is 5.32 Å². The molecule has 1 aliphatic rings. The molecular formula is C18H25N5O2. The molecule has 25 heavy (non-hydrogen) atoms. The van der Waals surface area contributed by atoms with Crippen LogP contribution in [0.15, 0.2) is 43.0 Å². The van der Waals surface area contributed by atoms with Gasteiger partial charge in [-0.3, -0.25) is 4.90 Å². The molecule has 2 aromatic rings. The van der Waals surface area contributed by atoms with E-state index < -0.39 is 0 Å². The number of aliphatic hydroxyl groups is 1. The number of amides is 2. The van der Waals surface area contributed by atoms with E-state index in [2.05, 4.69) is 15.2 Å². The second kappa shape index (κ2) is 8.13. The number of aliphatic hydroxyl groups excluding tert-OH is 1. The standard InChI is InChI=1S/C18H25N5O2/c1-15-13-21(10-11-24)8-9-23(15)18(25)20-12-16-2-4-17(5-3-16)22-7-6-19-14-22/h2-7,14-15,24H,8-13H2,1H3,(H,20,25). The van der Waals surface area contributed by atoms with Crippen molar-refractivity contribution in [1.29, 1.82) is 0 Å². The molecule has 0 radical (unpaired) electrons. The van der Waals surface area contributed by atoms with Crippen LogP contribution in [-0.4, -0.2) is 69.3 Å². The molecule has 1 unspecified atom stereocenters. The zero-order valence-corrected chi connectivity index (χ0v) is 14.5. The Morgan fingerprint density at radius 3 is 2.76 bits per heavy atom. The zero-order chi connectivity index (χ0) is 17.6. The van der Waals surface area contributed by atoms with Crippen LogP contribution in [0.4, 0.5) is 4.79 Å². The van der Waals surface area contributed by atoms with E-state index in [0.717, 1.165) is 24.3 Å². The lowest BCUT2D eigenvalue weighted by Crippen LogP contribution is -2.56. The van der Waals surface area contributed by atoms with Crippen molar-refractivity contribution in [3.05, 3.63) is 48.5 Å². The van der Waals surface area contributed by atoms with Gasteiger partial charge >= 0.3 is 6.03 Å². The van der Waals surface area contributed by atoms with Crippen molar-refractivity contribution in [1.82, 2.24) is 24.7 Å². The lowest BCUT2D eigenvalue weighted by molar-refractivity contribution is 0.0888. The summed E-state index contributed by atoms with van der Waals surface area (Å²) in [7, 11) is 0. The van der Waals surface area contributed by atoms with Gasteiger partial charge in [-0.05, 0) is 24.6 Å². The van der Waals surface area contributed by atoms with E-state index in [4.69, 9.17) is 5.11 Å². The molecule has 0 saturated carbocycles. The minimum absolute atomic E-state index is 0.0326. The van der Waals surface area contributed by atoms with Gasteiger partial charge in [0, 0.05) is 56.8 Å². The first-order valence-corrected chi connectivity index (χ1v) is 8.62. The monoisotopic (exact) mass is 343 g/mol. The Hall–Kier alpha value is -2.38. The van der Waals surface area contributed by atoms with Crippen LogP contribution in [0.5, 0.6) is 0 Å². The summed E-state index contributed by atoms with van der Waals surface area (Å²) in [6, 6.07) is 8.16. The van der Waals surface area contributed by atoms with Crippen LogP contribution in [-0.2, 0) is 6.54 Å². The fourth-order valence-electron chi connectivity index (χ4n) is 3.16. The summed E-state index contributed by atoms with van der Waals surface area (Å²) in [4.78, 5) is 20.5. The number of hydrogen-bond donors (Lipinski definition) is 2. The average molecular weight is 343 g/mol. The smallest absolute Gasteiger partial charge is 0.317 e. The van der Waals surface area contributed by atoms with Crippen molar-refractivity contribution in [2.24, 2.45) is 0 Å². The summed E-state index contributed by atoms with van der Waals surface area (Å²) in [5.74, 6) is 0. The first kappa shape index (κ1) is 17.4. The maximum Gasteiger partial charge on any atom is 0.317 e. The first-order chi connectivity index (χ1) is 12.2. The summed E-state index contributed by atoms with van der Waals surface area (Å²) < 4.78 is 1.94. The predicted octanol–water partition coefficient (Wildman–Crippen LogP) is 1.08. The Bertz CT molecular complexity index is 671. The molecule has 1 aromatic carbocycles. The zero-order valence-electron chi connectivity index (χ0n) is 14.5. The number of nitrogens with one attached hydrogen (secondary N) is 1. The van der Waals surface area contributed by atoms with Gasteiger partial charge in [0.25, 0.3) is 0 Å². The minimum atomic E-state index is -0.0326. The van der Waals surface area contributed by atoms with Gasteiger partial charge in [-0.1, -0.05) is 12.1 Å². The van der Waals surface area contributed by atoms with Crippen molar-refractivity contribution in [2.45, 2.75) is 19.5 Å². The van der Waals surface area contributed by atoms with E-state index in [9.17, 15) is 4.79 Å². The number of β-amino-alcohol motifs (C(OH)–C–C–N with tert-alkyl or cyclic N) is 1. The highest BCUT2D eigenvalue weighted by Gasteiger charge is 2.26. The van der Waals surface area contributed by atoms with E-state index in [1.807, 2.05) is 46.9 Å². The lowest BCUT2D eigenvalue weighted by Gasteiger charge is -2.39. The van der Waals surface area contributed by atoms with Gasteiger partial charge in [0.1, 0.15) is 0 Å². The Labute approximate surface area is 147 Å². The quantitative estimate of drug-likeness (QED) is 0.852. The fourth-order valence-corrected chi connectivity index (χ4v) is 3.16. The second-order valence-electron chi connectivity index (χ2n) is 6.36. The van der Waals surface area contributed by atoms with Crippen LogP contribution in [0.25, 0.3) is 5.69 Å². The molecule has 1 aliphatic heterocycles. The molecule has 3 rings (SSSR count). The number of hydrogen-bond acceptors (Lipinski definition) is 4. The highest BCUT2D eigenvalue weighted by molar-refractivity contribution is 5.74. The molecule has 134 valence electrons. The third kappa shape index (κ3) is 4.37. The maximum absolute atomic E-state index is 12.4. The normalized spacial score (nSPS) is 18.3. The molecule has 1 fully saturated rings. The topological polar surface area (TPSA) is 73.6 Å². The number of piperazine rings is 1. The van der Waals surface area contributed by atoms with Crippen LogP contribution in [0, 0.1) is 0 Å². The number of nitrogens with zero attached hydrogens (tertiary/aromatic N) is 4. The summed E-state index contributed by atoms with van der Waals surface area (Å²) in [5, 5.41) is 12.0. The molecule has 7 nitrogen and oxygen atoms in total. The highest BCUT2D eigenvalue weighted by Crippen LogP contribution is 2.11. The van der Waals surface area contributed by atoms with Crippen LogP contribution >= 0.6 is 0 Å². The molecule has 1 aromatic heterocycles. The Kier molecular flexibility index (Phi) is 5.67. The first-order valence-electron chi connectivity index (χ1n) is 8.62. The number of aromatic nitrogens is 2. The largest absolute Gasteiger partial charge is 0.395 e. The average Bonchev–Trinajstić information content (AvgIpc) is 3.15. The van der Waals surface area contributed by atoms with Crippen LogP contribution in [0.3, 0.4) is 0 Å². The van der Waals surface area contributed by atoms with E-state index in [1.165, 1.54) is 0 Å². The van der Waals surface area contributed by atoms with Gasteiger partial charge in [0.15, 0.2) is 0 Å². The van der Waals surface area contributed by atoms with Crippen molar-refractivity contribution in [3.8, 4) is 5.69 Å². The minimum Gasteiger partial charge on any atom is -0.395 e.